The largest absolute Gasteiger partial charge is 0.353 e. The molecular weight excluding hydrogens is 327 g/mol. The summed E-state index contributed by atoms with van der Waals surface area (Å²) in [5.41, 5.74) is 2.70. The summed E-state index contributed by atoms with van der Waals surface area (Å²) < 4.78 is 14.2. The van der Waals surface area contributed by atoms with Crippen LogP contribution >= 0.6 is 0 Å². The number of fused-ring (bicyclic) bond motifs is 1. The number of benzene rings is 2. The minimum Gasteiger partial charge on any atom is -0.353 e. The normalized spacial score (nSPS) is 11.5. The third-order valence-corrected chi connectivity index (χ3v) is 4.33. The molecule has 0 aliphatic carbocycles. The number of nitrogens with one attached hydrogen (secondary N) is 1. The van der Waals surface area contributed by atoms with Crippen molar-refractivity contribution >= 4 is 16.7 Å². The van der Waals surface area contributed by atoms with Gasteiger partial charge in [-0.15, -0.1) is 0 Å². The second-order valence-corrected chi connectivity index (χ2v) is 7.03. The van der Waals surface area contributed by atoms with Gasteiger partial charge in [-0.05, 0) is 43.6 Å². The molecule has 0 aliphatic heterocycles. The average Bonchev–Trinajstić information content (AvgIpc) is 2.61. The van der Waals surface area contributed by atoms with Gasteiger partial charge in [-0.2, -0.15) is 0 Å². The molecule has 0 fully saturated rings. The molecule has 26 heavy (non-hydrogen) atoms. The van der Waals surface area contributed by atoms with Gasteiger partial charge >= 0.3 is 0 Å². The van der Waals surface area contributed by atoms with Gasteiger partial charge in [0, 0.05) is 29.7 Å². The Morgan fingerprint density at radius 1 is 1.04 bits per heavy atom. The molecule has 0 saturated carbocycles. The zero-order valence-corrected chi connectivity index (χ0v) is 15.8. The molecule has 5 heteroatoms. The van der Waals surface area contributed by atoms with Gasteiger partial charge < -0.3 is 10.2 Å². The summed E-state index contributed by atoms with van der Waals surface area (Å²) in [6.45, 7) is 5.87. The van der Waals surface area contributed by atoms with Crippen LogP contribution in [0.2, 0.25) is 0 Å². The van der Waals surface area contributed by atoms with Gasteiger partial charge in [-0.3, -0.25) is 0 Å². The lowest BCUT2D eigenvalue weighted by Crippen LogP contribution is -2.21. The topological polar surface area (TPSA) is 41.1 Å². The first-order valence-corrected chi connectivity index (χ1v) is 8.91. The minimum atomic E-state index is -0.216. The first-order chi connectivity index (χ1) is 12.5. The molecule has 4 nitrogen and oxygen atoms in total. The molecule has 0 aliphatic rings. The Labute approximate surface area is 154 Å². The van der Waals surface area contributed by atoms with Crippen molar-refractivity contribution < 1.29 is 4.39 Å². The zero-order valence-electron chi connectivity index (χ0n) is 15.8. The van der Waals surface area contributed by atoms with Crippen LogP contribution in [0.3, 0.4) is 0 Å². The number of hydrogen-bond donors (Lipinski definition) is 1. The highest BCUT2D eigenvalue weighted by atomic mass is 19.1. The average molecular weight is 352 g/mol. The first kappa shape index (κ1) is 18.3. The second kappa shape index (κ2) is 7.79. The van der Waals surface area contributed by atoms with Crippen LogP contribution in [0.5, 0.6) is 0 Å². The van der Waals surface area contributed by atoms with E-state index in [1.165, 1.54) is 6.07 Å². The summed E-state index contributed by atoms with van der Waals surface area (Å²) in [7, 11) is 4.06. The molecule has 0 radical (unpaired) electrons. The molecule has 1 N–H and O–H groups in total. The highest BCUT2D eigenvalue weighted by Crippen LogP contribution is 2.31. The summed E-state index contributed by atoms with van der Waals surface area (Å²) >= 11 is 0. The van der Waals surface area contributed by atoms with E-state index in [9.17, 15) is 4.39 Å². The van der Waals surface area contributed by atoms with Crippen LogP contribution in [-0.4, -0.2) is 42.1 Å². The molecule has 2 aromatic carbocycles. The van der Waals surface area contributed by atoms with Crippen molar-refractivity contribution in [1.82, 2.24) is 14.9 Å². The van der Waals surface area contributed by atoms with Gasteiger partial charge in [0.15, 0.2) is 0 Å². The Morgan fingerprint density at radius 3 is 2.46 bits per heavy atom. The predicted molar refractivity (Wildman–Crippen MR) is 106 cm³/mol. The van der Waals surface area contributed by atoms with Gasteiger partial charge in [0.25, 0.3) is 0 Å². The number of anilines is 1. The van der Waals surface area contributed by atoms with Crippen molar-refractivity contribution in [2.75, 3.05) is 32.5 Å². The Kier molecular flexibility index (Phi) is 5.47. The van der Waals surface area contributed by atoms with Gasteiger partial charge in [0.2, 0.25) is 5.95 Å². The maximum Gasteiger partial charge on any atom is 0.223 e. The van der Waals surface area contributed by atoms with E-state index >= 15 is 0 Å². The second-order valence-electron chi connectivity index (χ2n) is 7.03. The van der Waals surface area contributed by atoms with Crippen LogP contribution in [-0.2, 0) is 0 Å². The Morgan fingerprint density at radius 2 is 1.77 bits per heavy atom. The van der Waals surface area contributed by atoms with Gasteiger partial charge in [0.1, 0.15) is 5.82 Å². The Bertz CT molecular complexity index is 906. The van der Waals surface area contributed by atoms with Crippen LogP contribution in [0.25, 0.3) is 22.0 Å². The summed E-state index contributed by atoms with van der Waals surface area (Å²) in [6.07, 6.45) is 0. The molecule has 0 saturated heterocycles. The van der Waals surface area contributed by atoms with E-state index in [1.807, 2.05) is 38.4 Å². The first-order valence-electron chi connectivity index (χ1n) is 8.91. The molecule has 0 spiro atoms. The molecule has 3 rings (SSSR count). The highest BCUT2D eigenvalue weighted by Gasteiger charge is 2.13. The van der Waals surface area contributed by atoms with E-state index < -0.39 is 0 Å². The predicted octanol–water partition coefficient (Wildman–Crippen LogP) is 4.53. The maximum atomic E-state index is 14.2. The fourth-order valence-corrected chi connectivity index (χ4v) is 2.86. The fraction of sp³-hybridized carbons (Fsp3) is 0.333. The summed E-state index contributed by atoms with van der Waals surface area (Å²) in [5.74, 6) is 0.672. The molecule has 3 aromatic rings. The molecule has 0 unspecified atom stereocenters. The molecular formula is C21H25FN4. The summed E-state index contributed by atoms with van der Waals surface area (Å²) in [6, 6.07) is 12.8. The maximum absolute atomic E-state index is 14.2. The van der Waals surface area contributed by atoms with Crippen molar-refractivity contribution in [2.45, 2.75) is 19.8 Å². The smallest absolute Gasteiger partial charge is 0.223 e. The lowest BCUT2D eigenvalue weighted by Gasteiger charge is -2.14. The third kappa shape index (κ3) is 3.99. The van der Waals surface area contributed by atoms with Crippen LogP contribution in [0.4, 0.5) is 10.3 Å². The highest BCUT2D eigenvalue weighted by molar-refractivity contribution is 5.96. The van der Waals surface area contributed by atoms with Gasteiger partial charge in [-0.25, -0.2) is 14.4 Å². The van der Waals surface area contributed by atoms with Crippen LogP contribution in [0.15, 0.2) is 42.5 Å². The van der Waals surface area contributed by atoms with Crippen molar-refractivity contribution in [1.29, 1.82) is 0 Å². The van der Waals surface area contributed by atoms with E-state index in [0.29, 0.717) is 11.3 Å². The number of halogens is 1. The van der Waals surface area contributed by atoms with E-state index in [1.54, 1.807) is 12.1 Å². The van der Waals surface area contributed by atoms with E-state index in [4.69, 9.17) is 4.98 Å². The van der Waals surface area contributed by atoms with Crippen LogP contribution < -0.4 is 5.32 Å². The van der Waals surface area contributed by atoms with Gasteiger partial charge in [-0.1, -0.05) is 38.1 Å². The Balaban J connectivity index is 2.07. The molecule has 1 aromatic heterocycles. The van der Waals surface area contributed by atoms with Crippen molar-refractivity contribution in [3.05, 3.63) is 54.0 Å². The summed E-state index contributed by atoms with van der Waals surface area (Å²) in [5, 5.41) is 4.77. The number of nitrogens with zero attached hydrogens (tertiary/aromatic N) is 3. The molecule has 0 bridgehead atoms. The standard InChI is InChI=1S/C21H25FN4/c1-14(2)19-13-20(25-21(24-19)23-11-12-26(3)4)17-9-10-18(22)16-8-6-5-7-15(16)17/h5-10,13-14H,11-12H2,1-4H3,(H,23,24,25). The SMILES string of the molecule is CC(C)c1cc(-c2ccc(F)c3ccccc23)nc(NCCN(C)C)n1. The monoisotopic (exact) mass is 352 g/mol. The number of rotatable bonds is 6. The van der Waals surface area contributed by atoms with Crippen LogP contribution in [0.1, 0.15) is 25.5 Å². The van der Waals surface area contributed by atoms with E-state index in [-0.39, 0.29) is 11.7 Å². The zero-order chi connectivity index (χ0) is 18.7. The van der Waals surface area contributed by atoms with Crippen molar-refractivity contribution in [3.63, 3.8) is 0 Å². The van der Waals surface area contributed by atoms with Gasteiger partial charge in [0.05, 0.1) is 5.69 Å². The van der Waals surface area contributed by atoms with Crippen LogP contribution in [0, 0.1) is 5.82 Å². The number of aromatic nitrogens is 2. The fourth-order valence-electron chi connectivity index (χ4n) is 2.86. The molecule has 136 valence electrons. The quantitative estimate of drug-likeness (QED) is 0.707. The number of likely N-dealkylation sites (N-methyl/N-ethyl adjacent to an activating group) is 1. The van der Waals surface area contributed by atoms with E-state index in [0.717, 1.165) is 35.4 Å². The molecule has 1 heterocycles. The molecule has 0 atom stereocenters. The Hall–Kier alpha value is -2.53. The lowest BCUT2D eigenvalue weighted by molar-refractivity contribution is 0.425. The summed E-state index contributed by atoms with van der Waals surface area (Å²) in [4.78, 5) is 11.4. The van der Waals surface area contributed by atoms with Crippen molar-refractivity contribution in [3.8, 4) is 11.3 Å². The minimum absolute atomic E-state index is 0.216. The number of hydrogen-bond acceptors (Lipinski definition) is 4. The third-order valence-electron chi connectivity index (χ3n) is 4.33. The molecule has 0 amide bonds. The van der Waals surface area contributed by atoms with Crippen molar-refractivity contribution in [2.24, 2.45) is 0 Å². The lowest BCUT2D eigenvalue weighted by atomic mass is 10.00. The van der Waals surface area contributed by atoms with E-state index in [2.05, 4.69) is 29.0 Å².